The third kappa shape index (κ3) is 1.10. The molecule has 1 aromatic heterocycles. The van der Waals surface area contributed by atoms with Gasteiger partial charge in [-0.2, -0.15) is 13.9 Å². The number of hydrogen-bond acceptors (Lipinski definition) is 1. The molecule has 1 aromatic rings. The summed E-state index contributed by atoms with van der Waals surface area (Å²) in [7, 11) is 1.99. The topological polar surface area (TPSA) is 17.8 Å². The van der Waals surface area contributed by atoms with Crippen LogP contribution in [0.15, 0.2) is 0 Å². The lowest BCUT2D eigenvalue weighted by molar-refractivity contribution is -0.0308. The Morgan fingerprint density at radius 2 is 2.31 bits per heavy atom. The van der Waals surface area contributed by atoms with Crippen molar-refractivity contribution >= 4 is 9.24 Å². The third-order valence-electron chi connectivity index (χ3n) is 3.52. The molecule has 0 spiro atoms. The minimum absolute atomic E-state index is 0.0450. The van der Waals surface area contributed by atoms with Gasteiger partial charge in [0.1, 0.15) is 11.4 Å². The van der Waals surface area contributed by atoms with E-state index in [4.69, 9.17) is 0 Å². The molecule has 1 saturated carbocycles. The van der Waals surface area contributed by atoms with Crippen molar-refractivity contribution in [1.82, 2.24) is 9.78 Å². The average molecular weight is 248 g/mol. The number of aryl methyl sites for hydroxylation is 1. The first-order chi connectivity index (χ1) is 7.48. The summed E-state index contributed by atoms with van der Waals surface area (Å²) in [6.07, 6.45) is 0.472. The normalized spacial score (nSPS) is 31.1. The molecule has 0 radical (unpaired) electrons. The van der Waals surface area contributed by atoms with Crippen LogP contribution in [0.25, 0.3) is 0 Å². The van der Waals surface area contributed by atoms with E-state index in [-0.39, 0.29) is 17.3 Å². The Morgan fingerprint density at radius 1 is 1.62 bits per heavy atom. The molecule has 1 heterocycles. The predicted molar refractivity (Wildman–Crippen MR) is 56.2 cm³/mol. The Bertz CT molecular complexity index is 455. The lowest BCUT2D eigenvalue weighted by Gasteiger charge is -2.14. The first-order valence-electron chi connectivity index (χ1n) is 5.37. The van der Waals surface area contributed by atoms with Crippen LogP contribution in [0.3, 0.4) is 0 Å². The van der Waals surface area contributed by atoms with E-state index in [0.717, 1.165) is 0 Å². The van der Waals surface area contributed by atoms with Crippen LogP contribution in [0.2, 0.25) is 0 Å². The highest BCUT2D eigenvalue weighted by atomic mass is 31.0. The molecule has 6 heteroatoms. The van der Waals surface area contributed by atoms with Crippen LogP contribution in [-0.2, 0) is 12.5 Å². The van der Waals surface area contributed by atoms with Crippen molar-refractivity contribution in [2.45, 2.75) is 37.6 Å². The van der Waals surface area contributed by atoms with Gasteiger partial charge in [0, 0.05) is 18.0 Å². The van der Waals surface area contributed by atoms with Gasteiger partial charge >= 0.3 is 0 Å². The van der Waals surface area contributed by atoms with E-state index in [1.54, 1.807) is 6.92 Å². The molecule has 88 valence electrons. The smallest absolute Gasteiger partial charge is 0.263 e. The first kappa shape index (κ1) is 10.6. The van der Waals surface area contributed by atoms with E-state index in [0.29, 0.717) is 18.5 Å². The summed E-state index contributed by atoms with van der Waals surface area (Å²) in [6, 6.07) is 0. The van der Waals surface area contributed by atoms with Crippen molar-refractivity contribution in [3.8, 4) is 0 Å². The van der Waals surface area contributed by atoms with E-state index in [9.17, 15) is 13.2 Å². The SMILES string of the molecule is CCn1nc(C(F)P)c2c1C(F)(F)C1CC21. The molecule has 0 saturated heterocycles. The third-order valence-corrected chi connectivity index (χ3v) is 3.84. The fraction of sp³-hybridized carbons (Fsp3) is 0.700. The van der Waals surface area contributed by atoms with Gasteiger partial charge < -0.3 is 0 Å². The monoisotopic (exact) mass is 248 g/mol. The van der Waals surface area contributed by atoms with Crippen molar-refractivity contribution in [3.63, 3.8) is 0 Å². The number of alkyl halides is 3. The maximum Gasteiger partial charge on any atom is 0.293 e. The molecule has 4 unspecified atom stereocenters. The van der Waals surface area contributed by atoms with Crippen LogP contribution in [0.5, 0.6) is 0 Å². The second-order valence-corrected chi connectivity index (χ2v) is 5.02. The van der Waals surface area contributed by atoms with Crippen LogP contribution in [0.1, 0.15) is 42.1 Å². The van der Waals surface area contributed by atoms with Gasteiger partial charge in [-0.1, -0.05) is 9.24 Å². The number of aromatic nitrogens is 2. The van der Waals surface area contributed by atoms with E-state index in [1.165, 1.54) is 4.68 Å². The van der Waals surface area contributed by atoms with Crippen LogP contribution >= 0.6 is 9.24 Å². The van der Waals surface area contributed by atoms with Crippen molar-refractivity contribution in [1.29, 1.82) is 0 Å². The van der Waals surface area contributed by atoms with E-state index in [1.807, 2.05) is 9.24 Å². The highest BCUT2D eigenvalue weighted by Gasteiger charge is 2.66. The molecule has 2 nitrogen and oxygen atoms in total. The summed E-state index contributed by atoms with van der Waals surface area (Å²) in [6.45, 7) is 2.10. The molecular formula is C10H12F3N2P. The van der Waals surface area contributed by atoms with Crippen LogP contribution in [-0.4, -0.2) is 9.78 Å². The predicted octanol–water partition coefficient (Wildman–Crippen LogP) is 2.96. The molecule has 2 aliphatic carbocycles. The molecule has 0 aliphatic heterocycles. The zero-order valence-electron chi connectivity index (χ0n) is 8.75. The maximum absolute atomic E-state index is 13.9. The number of halogens is 3. The molecule has 16 heavy (non-hydrogen) atoms. The average Bonchev–Trinajstić information content (AvgIpc) is 2.85. The molecule has 2 aliphatic rings. The Morgan fingerprint density at radius 3 is 2.88 bits per heavy atom. The van der Waals surface area contributed by atoms with Crippen molar-refractivity contribution < 1.29 is 13.2 Å². The van der Waals surface area contributed by atoms with Gasteiger partial charge in [-0.25, -0.2) is 4.39 Å². The minimum Gasteiger partial charge on any atom is -0.263 e. The maximum atomic E-state index is 13.9. The van der Waals surface area contributed by atoms with Gasteiger partial charge in [-0.15, -0.1) is 0 Å². The lowest BCUT2D eigenvalue weighted by atomic mass is 10.1. The van der Waals surface area contributed by atoms with E-state index < -0.39 is 17.8 Å². The zero-order chi connectivity index (χ0) is 11.7. The Labute approximate surface area is 93.4 Å². The van der Waals surface area contributed by atoms with Crippen LogP contribution in [0, 0.1) is 5.92 Å². The van der Waals surface area contributed by atoms with Gasteiger partial charge in [0.15, 0.2) is 5.91 Å². The minimum atomic E-state index is -2.82. The van der Waals surface area contributed by atoms with Crippen molar-refractivity contribution in [3.05, 3.63) is 17.0 Å². The summed E-state index contributed by atoms with van der Waals surface area (Å²) >= 11 is 0. The fourth-order valence-corrected chi connectivity index (χ4v) is 2.98. The summed E-state index contributed by atoms with van der Waals surface area (Å²) in [4.78, 5) is 0. The van der Waals surface area contributed by atoms with Crippen molar-refractivity contribution in [2.24, 2.45) is 5.92 Å². The number of fused-ring (bicyclic) bond motifs is 3. The van der Waals surface area contributed by atoms with E-state index in [2.05, 4.69) is 5.10 Å². The number of rotatable bonds is 2. The zero-order valence-corrected chi connectivity index (χ0v) is 9.91. The highest BCUT2D eigenvalue weighted by Crippen LogP contribution is 2.68. The van der Waals surface area contributed by atoms with E-state index >= 15 is 0 Å². The Hall–Kier alpha value is -0.570. The summed E-state index contributed by atoms with van der Waals surface area (Å²) < 4.78 is 42.4. The highest BCUT2D eigenvalue weighted by molar-refractivity contribution is 7.16. The molecule has 0 aromatic carbocycles. The molecule has 3 rings (SSSR count). The number of hydrogen-bond donors (Lipinski definition) is 0. The largest absolute Gasteiger partial charge is 0.293 e. The molecule has 0 N–H and O–H groups in total. The molecule has 0 bridgehead atoms. The number of nitrogens with zero attached hydrogens (tertiary/aromatic N) is 2. The quantitative estimate of drug-likeness (QED) is 0.736. The molecule has 0 amide bonds. The van der Waals surface area contributed by atoms with Gasteiger partial charge in [-0.3, -0.25) is 4.68 Å². The standard InChI is InChI=1S/C10H12F3N2P/c1-2-15-8-6(7(14-15)9(11)16)4-3-5(4)10(8,12)13/h4-5,9H,2-3,16H2,1H3. The lowest BCUT2D eigenvalue weighted by Crippen LogP contribution is -2.19. The van der Waals surface area contributed by atoms with Crippen LogP contribution < -0.4 is 0 Å². The Balaban J connectivity index is 2.22. The van der Waals surface area contributed by atoms with Gasteiger partial charge in [0.2, 0.25) is 0 Å². The second kappa shape index (κ2) is 3.00. The summed E-state index contributed by atoms with van der Waals surface area (Å²) in [5.74, 6) is -4.95. The van der Waals surface area contributed by atoms with Gasteiger partial charge in [0.05, 0.1) is 0 Å². The molecule has 1 fully saturated rings. The van der Waals surface area contributed by atoms with Gasteiger partial charge in [-0.05, 0) is 19.3 Å². The Kier molecular flexibility index (Phi) is 1.99. The summed E-state index contributed by atoms with van der Waals surface area (Å²) in [5.41, 5.74) is 0.613. The molecule has 4 atom stereocenters. The fourth-order valence-electron chi connectivity index (χ4n) is 2.73. The first-order valence-corrected chi connectivity index (χ1v) is 6.03. The van der Waals surface area contributed by atoms with Gasteiger partial charge in [0.25, 0.3) is 5.92 Å². The second-order valence-electron chi connectivity index (χ2n) is 4.44. The van der Waals surface area contributed by atoms with Crippen molar-refractivity contribution in [2.75, 3.05) is 0 Å². The molecular weight excluding hydrogens is 236 g/mol. The summed E-state index contributed by atoms with van der Waals surface area (Å²) in [5, 5.41) is 3.96. The van der Waals surface area contributed by atoms with Crippen LogP contribution in [0.4, 0.5) is 13.2 Å².